The Kier molecular flexibility index (Phi) is 6.65. The van der Waals surface area contributed by atoms with E-state index in [0.717, 1.165) is 26.1 Å². The van der Waals surface area contributed by atoms with Crippen LogP contribution in [-0.4, -0.2) is 13.2 Å². The maximum absolute atomic E-state index is 6.14. The fourth-order valence-corrected chi connectivity index (χ4v) is 4.13. The molecule has 2 aromatic carbocycles. The van der Waals surface area contributed by atoms with Crippen LogP contribution in [0.25, 0.3) is 0 Å². The third kappa shape index (κ3) is 5.06. The number of rotatable bonds is 9. The van der Waals surface area contributed by atoms with E-state index in [2.05, 4.69) is 68.1 Å². The van der Waals surface area contributed by atoms with Crippen LogP contribution in [0.3, 0.4) is 0 Å². The summed E-state index contributed by atoms with van der Waals surface area (Å²) in [5.41, 5.74) is 2.53. The minimum Gasteiger partial charge on any atom is -0.376 e. The second-order valence-electron chi connectivity index (χ2n) is 7.74. The molecule has 2 heteroatoms. The third-order valence-corrected chi connectivity index (χ3v) is 5.50. The third-order valence-electron chi connectivity index (χ3n) is 5.50. The van der Waals surface area contributed by atoms with Crippen LogP contribution in [-0.2, 0) is 22.7 Å². The molecule has 1 aliphatic rings. The summed E-state index contributed by atoms with van der Waals surface area (Å²) in [5.74, 6) is 1.18. The number of hydrogen-bond donors (Lipinski definition) is 0. The molecule has 0 N–H and O–H groups in total. The van der Waals surface area contributed by atoms with Crippen molar-refractivity contribution in [1.29, 1.82) is 0 Å². The number of ether oxygens (including phenoxy) is 2. The molecule has 0 bridgehead atoms. The van der Waals surface area contributed by atoms with Gasteiger partial charge in [-0.25, -0.2) is 0 Å². The summed E-state index contributed by atoms with van der Waals surface area (Å²) in [6.45, 7) is 9.16. The minimum atomic E-state index is 0.0852. The zero-order valence-electron chi connectivity index (χ0n) is 15.8. The van der Waals surface area contributed by atoms with Crippen molar-refractivity contribution in [3.05, 3.63) is 84.4 Å². The Morgan fingerprint density at radius 2 is 1.38 bits per heavy atom. The van der Waals surface area contributed by atoms with Crippen molar-refractivity contribution in [2.24, 2.45) is 17.3 Å². The van der Waals surface area contributed by atoms with Crippen LogP contribution in [0, 0.1) is 17.3 Å². The summed E-state index contributed by atoms with van der Waals surface area (Å²) in [6.07, 6.45) is 4.34. The second-order valence-corrected chi connectivity index (χ2v) is 7.74. The van der Waals surface area contributed by atoms with Crippen LogP contribution >= 0.6 is 0 Å². The Morgan fingerprint density at radius 1 is 0.885 bits per heavy atom. The Bertz CT molecular complexity index is 620. The Hall–Kier alpha value is -1.90. The van der Waals surface area contributed by atoms with Crippen molar-refractivity contribution < 1.29 is 9.47 Å². The van der Waals surface area contributed by atoms with Gasteiger partial charge in [0.1, 0.15) is 0 Å². The van der Waals surface area contributed by atoms with E-state index in [-0.39, 0.29) is 5.41 Å². The molecule has 1 fully saturated rings. The summed E-state index contributed by atoms with van der Waals surface area (Å²) in [5, 5.41) is 0. The van der Waals surface area contributed by atoms with E-state index in [1.807, 2.05) is 12.1 Å². The van der Waals surface area contributed by atoms with Crippen molar-refractivity contribution in [2.75, 3.05) is 13.2 Å². The summed E-state index contributed by atoms with van der Waals surface area (Å²) in [7, 11) is 0. The van der Waals surface area contributed by atoms with Gasteiger partial charge in [-0.1, -0.05) is 73.7 Å². The lowest BCUT2D eigenvalue weighted by atomic mass is 9.86. The first-order chi connectivity index (χ1) is 12.7. The van der Waals surface area contributed by atoms with E-state index in [0.29, 0.717) is 25.0 Å². The van der Waals surface area contributed by atoms with Crippen LogP contribution in [0.4, 0.5) is 0 Å². The molecular weight excluding hydrogens is 320 g/mol. The average Bonchev–Trinajstić information content (AvgIpc) is 2.99. The molecule has 0 heterocycles. The highest BCUT2D eigenvalue weighted by atomic mass is 16.5. The fraction of sp³-hybridized carbons (Fsp3) is 0.417. The summed E-state index contributed by atoms with van der Waals surface area (Å²) >= 11 is 0. The molecule has 2 aromatic rings. The number of allylic oxidation sites excluding steroid dienone is 1. The molecular formula is C24H30O2. The van der Waals surface area contributed by atoms with Crippen molar-refractivity contribution in [2.45, 2.75) is 33.0 Å². The van der Waals surface area contributed by atoms with Crippen LogP contribution in [0.15, 0.2) is 73.3 Å². The molecule has 1 saturated carbocycles. The first kappa shape index (κ1) is 18.9. The Morgan fingerprint density at radius 3 is 1.81 bits per heavy atom. The molecule has 0 aromatic heterocycles. The summed E-state index contributed by atoms with van der Waals surface area (Å²) < 4.78 is 12.3. The van der Waals surface area contributed by atoms with E-state index >= 15 is 0 Å². The lowest BCUT2D eigenvalue weighted by Gasteiger charge is -2.29. The maximum atomic E-state index is 6.14. The smallest absolute Gasteiger partial charge is 0.0717 e. The minimum absolute atomic E-state index is 0.0852. The SMILES string of the molecule is C=C[C@H]1CC(COCc2ccccc2)(COCc2ccccc2)C[C@@H]1C. The fourth-order valence-electron chi connectivity index (χ4n) is 4.13. The molecule has 0 radical (unpaired) electrons. The highest BCUT2D eigenvalue weighted by Crippen LogP contribution is 2.46. The number of hydrogen-bond acceptors (Lipinski definition) is 2. The van der Waals surface area contributed by atoms with Gasteiger partial charge >= 0.3 is 0 Å². The molecule has 0 spiro atoms. The van der Waals surface area contributed by atoms with Gasteiger partial charge in [0, 0.05) is 5.41 Å². The first-order valence-electron chi connectivity index (χ1n) is 9.57. The van der Waals surface area contributed by atoms with Crippen molar-refractivity contribution in [1.82, 2.24) is 0 Å². The summed E-state index contributed by atoms with van der Waals surface area (Å²) in [4.78, 5) is 0. The molecule has 138 valence electrons. The molecule has 0 saturated heterocycles. The van der Waals surface area contributed by atoms with Crippen LogP contribution in [0.1, 0.15) is 30.9 Å². The lowest BCUT2D eigenvalue weighted by Crippen LogP contribution is -2.30. The van der Waals surface area contributed by atoms with E-state index in [1.165, 1.54) is 11.1 Å². The highest BCUT2D eigenvalue weighted by molar-refractivity contribution is 5.14. The largest absolute Gasteiger partial charge is 0.376 e. The normalized spacial score (nSPS) is 21.6. The zero-order valence-corrected chi connectivity index (χ0v) is 15.8. The van der Waals surface area contributed by atoms with Crippen molar-refractivity contribution in [3.63, 3.8) is 0 Å². The zero-order chi connectivity index (χ0) is 18.2. The standard InChI is InChI=1S/C24H30O2/c1-3-23-15-24(14-20(23)2,18-25-16-21-10-6-4-7-11-21)19-26-17-22-12-8-5-9-13-22/h3-13,20,23H,1,14-19H2,2H3/t20-,23-/m0/s1. The van der Waals surface area contributed by atoms with E-state index < -0.39 is 0 Å². The van der Waals surface area contributed by atoms with Gasteiger partial charge in [0.05, 0.1) is 26.4 Å². The van der Waals surface area contributed by atoms with E-state index in [4.69, 9.17) is 9.47 Å². The number of benzene rings is 2. The molecule has 26 heavy (non-hydrogen) atoms. The molecule has 3 rings (SSSR count). The van der Waals surface area contributed by atoms with Gasteiger partial charge in [-0.05, 0) is 35.8 Å². The Balaban J connectivity index is 1.58. The van der Waals surface area contributed by atoms with Gasteiger partial charge in [-0.3, -0.25) is 0 Å². The van der Waals surface area contributed by atoms with Gasteiger partial charge in [0.25, 0.3) is 0 Å². The molecule has 2 atom stereocenters. The average molecular weight is 351 g/mol. The second kappa shape index (κ2) is 9.16. The Labute approximate surface area is 157 Å². The first-order valence-corrected chi connectivity index (χ1v) is 9.57. The predicted octanol–water partition coefficient (Wildman–Crippen LogP) is 5.64. The van der Waals surface area contributed by atoms with Crippen molar-refractivity contribution in [3.8, 4) is 0 Å². The molecule has 1 aliphatic carbocycles. The highest BCUT2D eigenvalue weighted by Gasteiger charge is 2.42. The molecule has 0 amide bonds. The topological polar surface area (TPSA) is 18.5 Å². The van der Waals surface area contributed by atoms with Gasteiger partial charge in [0.2, 0.25) is 0 Å². The van der Waals surface area contributed by atoms with Crippen LogP contribution in [0.2, 0.25) is 0 Å². The van der Waals surface area contributed by atoms with Gasteiger partial charge in [-0.15, -0.1) is 6.58 Å². The lowest BCUT2D eigenvalue weighted by molar-refractivity contribution is -0.0321. The van der Waals surface area contributed by atoms with Gasteiger partial charge < -0.3 is 9.47 Å². The monoisotopic (exact) mass is 350 g/mol. The summed E-state index contributed by atoms with van der Waals surface area (Å²) in [6, 6.07) is 20.8. The van der Waals surface area contributed by atoms with Gasteiger partial charge in [0.15, 0.2) is 0 Å². The van der Waals surface area contributed by atoms with E-state index in [1.54, 1.807) is 0 Å². The quantitative estimate of drug-likeness (QED) is 0.545. The van der Waals surface area contributed by atoms with Gasteiger partial charge in [-0.2, -0.15) is 0 Å². The molecule has 0 unspecified atom stereocenters. The molecule has 0 aliphatic heterocycles. The molecule has 2 nitrogen and oxygen atoms in total. The van der Waals surface area contributed by atoms with Crippen LogP contribution < -0.4 is 0 Å². The maximum Gasteiger partial charge on any atom is 0.0717 e. The van der Waals surface area contributed by atoms with E-state index in [9.17, 15) is 0 Å². The van der Waals surface area contributed by atoms with Crippen LogP contribution in [0.5, 0.6) is 0 Å². The predicted molar refractivity (Wildman–Crippen MR) is 107 cm³/mol. The van der Waals surface area contributed by atoms with Crippen molar-refractivity contribution >= 4 is 0 Å².